The molecular formula is C23H32O7. The second-order valence-corrected chi connectivity index (χ2v) is 7.75. The summed E-state index contributed by atoms with van der Waals surface area (Å²) in [5.74, 6) is -0.938. The fourth-order valence-electron chi connectivity index (χ4n) is 3.20. The van der Waals surface area contributed by atoms with E-state index in [2.05, 4.69) is 0 Å². The molecule has 1 aromatic carbocycles. The van der Waals surface area contributed by atoms with Crippen LogP contribution in [0.2, 0.25) is 0 Å². The van der Waals surface area contributed by atoms with Gasteiger partial charge in [-0.2, -0.15) is 0 Å². The number of rotatable bonds is 4. The monoisotopic (exact) mass is 420 g/mol. The summed E-state index contributed by atoms with van der Waals surface area (Å²) < 4.78 is 21.9. The average Bonchev–Trinajstić information content (AvgIpc) is 2.67. The average molecular weight is 421 g/mol. The number of benzene rings is 1. The number of allylic oxidation sites excluding steroid dienone is 1. The zero-order valence-corrected chi connectivity index (χ0v) is 18.3. The number of aliphatic hydroxyl groups excluding tert-OH is 1. The van der Waals surface area contributed by atoms with Gasteiger partial charge in [-0.25, -0.2) is 4.79 Å². The zero-order chi connectivity index (χ0) is 22.3. The van der Waals surface area contributed by atoms with Gasteiger partial charge in [0.05, 0.1) is 26.4 Å². The predicted octanol–water partition coefficient (Wildman–Crippen LogP) is 3.48. The first-order chi connectivity index (χ1) is 14.1. The Morgan fingerprint density at radius 2 is 1.90 bits per heavy atom. The molecule has 166 valence electrons. The van der Waals surface area contributed by atoms with Crippen LogP contribution in [0.5, 0.6) is 11.5 Å². The molecule has 0 spiro atoms. The van der Waals surface area contributed by atoms with E-state index < -0.39 is 30.1 Å². The Morgan fingerprint density at radius 3 is 2.53 bits per heavy atom. The van der Waals surface area contributed by atoms with E-state index in [1.807, 2.05) is 6.08 Å². The van der Waals surface area contributed by atoms with Crippen LogP contribution in [-0.4, -0.2) is 54.5 Å². The number of carbonyl (C=O) groups is 1. The minimum absolute atomic E-state index is 0.326. The molecule has 0 amide bonds. The summed E-state index contributed by atoms with van der Waals surface area (Å²) in [5, 5.41) is 20.5. The van der Waals surface area contributed by atoms with Gasteiger partial charge in [-0.1, -0.05) is 24.3 Å². The van der Waals surface area contributed by atoms with Gasteiger partial charge in [-0.05, 0) is 45.2 Å². The third-order valence-corrected chi connectivity index (χ3v) is 4.61. The maximum absolute atomic E-state index is 12.8. The molecule has 0 saturated carbocycles. The van der Waals surface area contributed by atoms with Gasteiger partial charge in [0.1, 0.15) is 23.2 Å². The molecule has 1 aliphatic heterocycles. The standard InChI is InChI=1S/C23H32O7/c1-15-9-8-11-18(24)19(30-23(2,3)26)12-7-6-10-16-13-17(27-4)14-20(28-5)21(16)22(25)29-15/h6,8,10-11,13-15,18-19,24,26H,7,9,12H2,1-5H3/b10-6+,11-8-/t15-,18?,19-/m0/s1. The van der Waals surface area contributed by atoms with Gasteiger partial charge < -0.3 is 29.2 Å². The molecule has 1 unspecified atom stereocenters. The number of hydrogen-bond acceptors (Lipinski definition) is 7. The van der Waals surface area contributed by atoms with E-state index in [9.17, 15) is 15.0 Å². The highest BCUT2D eigenvalue weighted by Crippen LogP contribution is 2.31. The molecule has 7 heteroatoms. The lowest BCUT2D eigenvalue weighted by atomic mass is 10.0. The van der Waals surface area contributed by atoms with Crippen LogP contribution in [0.25, 0.3) is 6.08 Å². The van der Waals surface area contributed by atoms with Gasteiger partial charge >= 0.3 is 5.97 Å². The molecule has 30 heavy (non-hydrogen) atoms. The third-order valence-electron chi connectivity index (χ3n) is 4.61. The number of methoxy groups -OCH3 is 2. The van der Waals surface area contributed by atoms with E-state index in [0.717, 1.165) is 0 Å². The van der Waals surface area contributed by atoms with E-state index in [-0.39, 0.29) is 0 Å². The van der Waals surface area contributed by atoms with Crippen LogP contribution >= 0.6 is 0 Å². The van der Waals surface area contributed by atoms with Crippen molar-refractivity contribution in [1.29, 1.82) is 0 Å². The molecule has 1 heterocycles. The molecule has 0 fully saturated rings. The third kappa shape index (κ3) is 6.86. The number of esters is 1. The summed E-state index contributed by atoms with van der Waals surface area (Å²) in [6.07, 6.45) is 6.56. The Labute approximate surface area is 177 Å². The summed E-state index contributed by atoms with van der Waals surface area (Å²) in [6, 6.07) is 3.39. The number of fused-ring (bicyclic) bond motifs is 1. The Morgan fingerprint density at radius 1 is 1.17 bits per heavy atom. The van der Waals surface area contributed by atoms with E-state index in [1.165, 1.54) is 21.0 Å². The first-order valence-corrected chi connectivity index (χ1v) is 10.0. The van der Waals surface area contributed by atoms with Gasteiger partial charge in [-0.3, -0.25) is 0 Å². The summed E-state index contributed by atoms with van der Waals surface area (Å²) in [6.45, 7) is 4.83. The minimum atomic E-state index is -1.37. The van der Waals surface area contributed by atoms with Crippen LogP contribution in [-0.2, 0) is 9.47 Å². The van der Waals surface area contributed by atoms with E-state index >= 15 is 0 Å². The predicted molar refractivity (Wildman–Crippen MR) is 114 cm³/mol. The number of hydrogen-bond donors (Lipinski definition) is 2. The van der Waals surface area contributed by atoms with Gasteiger partial charge in [0.2, 0.25) is 0 Å². The number of ether oxygens (including phenoxy) is 4. The van der Waals surface area contributed by atoms with Crippen molar-refractivity contribution in [2.45, 2.75) is 64.1 Å². The molecule has 2 rings (SSSR count). The minimum Gasteiger partial charge on any atom is -0.497 e. The molecule has 0 aliphatic carbocycles. The quantitative estimate of drug-likeness (QED) is 0.437. The van der Waals surface area contributed by atoms with E-state index in [1.54, 1.807) is 44.4 Å². The smallest absolute Gasteiger partial charge is 0.342 e. The van der Waals surface area contributed by atoms with Crippen molar-refractivity contribution >= 4 is 12.0 Å². The first-order valence-electron chi connectivity index (χ1n) is 10.0. The summed E-state index contributed by atoms with van der Waals surface area (Å²) in [7, 11) is 3.03. The number of cyclic esters (lactones) is 1. The lowest BCUT2D eigenvalue weighted by Gasteiger charge is -2.28. The van der Waals surface area contributed by atoms with Crippen molar-refractivity contribution in [3.8, 4) is 11.5 Å². The Balaban J connectivity index is 2.42. The van der Waals surface area contributed by atoms with Crippen LogP contribution < -0.4 is 9.47 Å². The SMILES string of the molecule is COc1cc2c(c(OC)c1)C(=O)O[C@@H](C)C/C=C\C(O)[C@@H](OC(C)(C)O)CC/C=C/2. The second-order valence-electron chi connectivity index (χ2n) is 7.75. The van der Waals surface area contributed by atoms with Gasteiger partial charge in [0.25, 0.3) is 0 Å². The summed E-state index contributed by atoms with van der Waals surface area (Å²) in [5.41, 5.74) is 0.934. The van der Waals surface area contributed by atoms with Crippen molar-refractivity contribution in [1.82, 2.24) is 0 Å². The van der Waals surface area contributed by atoms with Gasteiger partial charge in [0, 0.05) is 12.5 Å². The lowest BCUT2D eigenvalue weighted by molar-refractivity contribution is -0.221. The van der Waals surface area contributed by atoms with Gasteiger partial charge in [0.15, 0.2) is 5.79 Å². The van der Waals surface area contributed by atoms with Crippen LogP contribution in [0.15, 0.2) is 30.4 Å². The molecule has 3 atom stereocenters. The second kappa shape index (κ2) is 10.6. The lowest BCUT2D eigenvalue weighted by Crippen LogP contribution is -2.36. The fourth-order valence-corrected chi connectivity index (χ4v) is 3.20. The maximum Gasteiger partial charge on any atom is 0.342 e. The molecule has 1 aliphatic rings. The number of carbonyl (C=O) groups excluding carboxylic acids is 1. The summed E-state index contributed by atoms with van der Waals surface area (Å²) in [4.78, 5) is 12.8. The maximum atomic E-state index is 12.8. The highest BCUT2D eigenvalue weighted by atomic mass is 16.6. The normalized spacial score (nSPS) is 25.4. The van der Waals surface area contributed by atoms with Crippen molar-refractivity contribution in [2.75, 3.05) is 14.2 Å². The van der Waals surface area contributed by atoms with Crippen molar-refractivity contribution in [3.63, 3.8) is 0 Å². The van der Waals surface area contributed by atoms with Crippen LogP contribution in [0.3, 0.4) is 0 Å². The zero-order valence-electron chi connectivity index (χ0n) is 18.3. The molecule has 0 radical (unpaired) electrons. The fraction of sp³-hybridized carbons (Fsp3) is 0.522. The van der Waals surface area contributed by atoms with Crippen molar-refractivity contribution in [3.05, 3.63) is 41.5 Å². The molecule has 7 nitrogen and oxygen atoms in total. The Hall–Kier alpha value is -2.35. The van der Waals surface area contributed by atoms with Crippen LogP contribution in [0.4, 0.5) is 0 Å². The summed E-state index contributed by atoms with van der Waals surface area (Å²) >= 11 is 0. The molecular weight excluding hydrogens is 388 g/mol. The highest BCUT2D eigenvalue weighted by molar-refractivity contribution is 5.97. The molecule has 1 aromatic rings. The van der Waals surface area contributed by atoms with Crippen molar-refractivity contribution < 1.29 is 34.0 Å². The van der Waals surface area contributed by atoms with Crippen LogP contribution in [0, 0.1) is 0 Å². The number of aliphatic hydroxyl groups is 2. The molecule has 0 saturated heterocycles. The van der Waals surface area contributed by atoms with Crippen LogP contribution in [0.1, 0.15) is 56.0 Å². The largest absolute Gasteiger partial charge is 0.497 e. The van der Waals surface area contributed by atoms with Gasteiger partial charge in [-0.15, -0.1) is 0 Å². The Kier molecular flexibility index (Phi) is 8.46. The first kappa shape index (κ1) is 23.9. The van der Waals surface area contributed by atoms with Crippen molar-refractivity contribution in [2.24, 2.45) is 0 Å². The Bertz CT molecular complexity index is 776. The van der Waals surface area contributed by atoms with E-state index in [0.29, 0.717) is 41.9 Å². The molecule has 0 aromatic heterocycles. The van der Waals surface area contributed by atoms with E-state index in [4.69, 9.17) is 18.9 Å². The highest BCUT2D eigenvalue weighted by Gasteiger charge is 2.26. The molecule has 2 N–H and O–H groups in total. The molecule has 0 bridgehead atoms. The topological polar surface area (TPSA) is 94.5 Å².